The Labute approximate surface area is 122 Å². The standard InChI is InChI=1S/C14H19F2NO2S/c1-9(8-14(2,17-3)13(18)19-4)20-12-7-10(15)5-6-11(12)16/h5-7,9,17H,8H2,1-4H3. The van der Waals surface area contributed by atoms with E-state index in [0.29, 0.717) is 6.42 Å². The third-order valence-corrected chi connectivity index (χ3v) is 4.24. The molecule has 0 amide bonds. The fraction of sp³-hybridized carbons (Fsp3) is 0.500. The molecule has 0 saturated carbocycles. The monoisotopic (exact) mass is 303 g/mol. The van der Waals surface area contributed by atoms with Gasteiger partial charge < -0.3 is 10.1 Å². The normalized spacial score (nSPS) is 15.5. The minimum atomic E-state index is -0.856. The first kappa shape index (κ1) is 16.9. The number of rotatable bonds is 6. The molecule has 1 aromatic carbocycles. The second-order valence-electron chi connectivity index (χ2n) is 4.78. The number of ether oxygens (including phenoxy) is 1. The number of carbonyl (C=O) groups excluding carboxylic acids is 1. The van der Waals surface area contributed by atoms with Crippen molar-refractivity contribution in [3.8, 4) is 0 Å². The van der Waals surface area contributed by atoms with Gasteiger partial charge in [0, 0.05) is 10.1 Å². The molecule has 0 aliphatic carbocycles. The van der Waals surface area contributed by atoms with Crippen LogP contribution in [0.2, 0.25) is 0 Å². The van der Waals surface area contributed by atoms with Crippen LogP contribution in [0.4, 0.5) is 8.78 Å². The number of thioether (sulfide) groups is 1. The van der Waals surface area contributed by atoms with Gasteiger partial charge in [0.05, 0.1) is 7.11 Å². The summed E-state index contributed by atoms with van der Waals surface area (Å²) in [5, 5.41) is 2.82. The van der Waals surface area contributed by atoms with Gasteiger partial charge in [-0.2, -0.15) is 0 Å². The van der Waals surface area contributed by atoms with Gasteiger partial charge in [-0.15, -0.1) is 11.8 Å². The summed E-state index contributed by atoms with van der Waals surface area (Å²) in [6.45, 7) is 3.57. The molecule has 0 saturated heterocycles. The maximum atomic E-state index is 13.6. The molecule has 1 aromatic rings. The van der Waals surface area contributed by atoms with E-state index in [-0.39, 0.29) is 16.1 Å². The van der Waals surface area contributed by atoms with Crippen LogP contribution >= 0.6 is 11.8 Å². The Hall–Kier alpha value is -1.14. The van der Waals surface area contributed by atoms with Crippen molar-refractivity contribution in [3.63, 3.8) is 0 Å². The molecule has 3 nitrogen and oxygen atoms in total. The largest absolute Gasteiger partial charge is 0.468 e. The van der Waals surface area contributed by atoms with Crippen LogP contribution in [0, 0.1) is 11.6 Å². The highest BCUT2D eigenvalue weighted by Crippen LogP contribution is 2.31. The number of methoxy groups -OCH3 is 1. The van der Waals surface area contributed by atoms with E-state index in [2.05, 4.69) is 5.32 Å². The number of halogens is 2. The molecule has 0 spiro atoms. The molecule has 2 unspecified atom stereocenters. The SMILES string of the molecule is CNC(C)(CC(C)Sc1cc(F)ccc1F)C(=O)OC. The van der Waals surface area contributed by atoms with E-state index in [1.807, 2.05) is 6.92 Å². The van der Waals surface area contributed by atoms with Crippen molar-refractivity contribution in [3.05, 3.63) is 29.8 Å². The van der Waals surface area contributed by atoms with Gasteiger partial charge in [-0.3, -0.25) is 4.79 Å². The minimum absolute atomic E-state index is 0.0946. The lowest BCUT2D eigenvalue weighted by Crippen LogP contribution is -2.49. The van der Waals surface area contributed by atoms with Crippen molar-refractivity contribution in [1.82, 2.24) is 5.32 Å². The summed E-state index contributed by atoms with van der Waals surface area (Å²) in [7, 11) is 2.99. The van der Waals surface area contributed by atoms with Gasteiger partial charge in [-0.25, -0.2) is 8.78 Å². The number of carbonyl (C=O) groups is 1. The maximum Gasteiger partial charge on any atom is 0.325 e. The zero-order valence-corrected chi connectivity index (χ0v) is 12.8. The van der Waals surface area contributed by atoms with Crippen LogP contribution in [0.5, 0.6) is 0 Å². The molecule has 2 atom stereocenters. The molecule has 0 fully saturated rings. The predicted octanol–water partition coefficient (Wildman–Crippen LogP) is 2.99. The topological polar surface area (TPSA) is 38.3 Å². The summed E-state index contributed by atoms with van der Waals surface area (Å²) in [6, 6.07) is 3.34. The van der Waals surface area contributed by atoms with E-state index in [9.17, 15) is 13.6 Å². The third-order valence-electron chi connectivity index (χ3n) is 3.10. The minimum Gasteiger partial charge on any atom is -0.468 e. The van der Waals surface area contributed by atoms with Gasteiger partial charge in [0.15, 0.2) is 0 Å². The summed E-state index contributed by atoms with van der Waals surface area (Å²) in [4.78, 5) is 12.0. The van der Waals surface area contributed by atoms with Crippen molar-refractivity contribution in [1.29, 1.82) is 0 Å². The molecule has 112 valence electrons. The number of hydrogen-bond donors (Lipinski definition) is 1. The van der Waals surface area contributed by atoms with Gasteiger partial charge in [0.25, 0.3) is 0 Å². The first-order chi connectivity index (χ1) is 9.32. The number of esters is 1. The van der Waals surface area contributed by atoms with Crippen LogP contribution in [0.25, 0.3) is 0 Å². The van der Waals surface area contributed by atoms with Gasteiger partial charge in [0.1, 0.15) is 17.2 Å². The fourth-order valence-corrected chi connectivity index (χ4v) is 3.12. The van der Waals surface area contributed by atoms with E-state index < -0.39 is 17.2 Å². The predicted molar refractivity (Wildman–Crippen MR) is 75.8 cm³/mol. The molecule has 0 aliphatic rings. The van der Waals surface area contributed by atoms with Gasteiger partial charge in [-0.05, 0) is 38.6 Å². The highest BCUT2D eigenvalue weighted by Gasteiger charge is 2.34. The zero-order valence-electron chi connectivity index (χ0n) is 12.0. The van der Waals surface area contributed by atoms with E-state index >= 15 is 0 Å². The number of likely N-dealkylation sites (N-methyl/N-ethyl adjacent to an activating group) is 1. The summed E-state index contributed by atoms with van der Waals surface area (Å²) < 4.78 is 31.4. The molecular weight excluding hydrogens is 284 g/mol. The van der Waals surface area contributed by atoms with Crippen molar-refractivity contribution in [2.24, 2.45) is 0 Å². The van der Waals surface area contributed by atoms with E-state index in [1.54, 1.807) is 14.0 Å². The zero-order chi connectivity index (χ0) is 15.3. The van der Waals surface area contributed by atoms with Gasteiger partial charge >= 0.3 is 5.97 Å². The number of nitrogens with one attached hydrogen (secondary N) is 1. The van der Waals surface area contributed by atoms with Crippen molar-refractivity contribution in [2.45, 2.75) is 36.0 Å². The molecule has 1 N–H and O–H groups in total. The molecule has 20 heavy (non-hydrogen) atoms. The van der Waals surface area contributed by atoms with E-state index in [4.69, 9.17) is 4.74 Å². The Morgan fingerprint density at radius 1 is 1.50 bits per heavy atom. The van der Waals surface area contributed by atoms with E-state index in [0.717, 1.165) is 18.2 Å². The lowest BCUT2D eigenvalue weighted by atomic mass is 9.96. The molecule has 0 heterocycles. The molecule has 0 radical (unpaired) electrons. The molecule has 0 bridgehead atoms. The molecular formula is C14H19F2NO2S. The lowest BCUT2D eigenvalue weighted by molar-refractivity contribution is -0.147. The van der Waals surface area contributed by atoms with Crippen LogP contribution in [0.3, 0.4) is 0 Å². The van der Waals surface area contributed by atoms with Crippen LogP contribution in [-0.2, 0) is 9.53 Å². The Morgan fingerprint density at radius 2 is 2.15 bits per heavy atom. The maximum absolute atomic E-state index is 13.6. The van der Waals surface area contributed by atoms with Crippen molar-refractivity contribution < 1.29 is 18.3 Å². The molecule has 0 aromatic heterocycles. The first-order valence-corrected chi connectivity index (χ1v) is 7.09. The van der Waals surface area contributed by atoms with Gasteiger partial charge in [-0.1, -0.05) is 6.92 Å². The second-order valence-corrected chi connectivity index (χ2v) is 6.26. The van der Waals surface area contributed by atoms with Crippen molar-refractivity contribution in [2.75, 3.05) is 14.2 Å². The first-order valence-electron chi connectivity index (χ1n) is 6.21. The Morgan fingerprint density at radius 3 is 2.70 bits per heavy atom. The quantitative estimate of drug-likeness (QED) is 0.648. The van der Waals surface area contributed by atoms with Crippen LogP contribution in [0.15, 0.2) is 23.1 Å². The summed E-state index contributed by atoms with van der Waals surface area (Å²) in [5.74, 6) is -1.33. The molecule has 0 aliphatic heterocycles. The van der Waals surface area contributed by atoms with Crippen LogP contribution in [0.1, 0.15) is 20.3 Å². The van der Waals surface area contributed by atoms with Crippen LogP contribution in [-0.4, -0.2) is 30.9 Å². The highest BCUT2D eigenvalue weighted by molar-refractivity contribution is 8.00. The average molecular weight is 303 g/mol. The fourth-order valence-electron chi connectivity index (χ4n) is 1.91. The lowest BCUT2D eigenvalue weighted by Gasteiger charge is -2.28. The highest BCUT2D eigenvalue weighted by atomic mass is 32.2. The average Bonchev–Trinajstić information content (AvgIpc) is 2.41. The summed E-state index contributed by atoms with van der Waals surface area (Å²) >= 11 is 1.19. The summed E-state index contributed by atoms with van der Waals surface area (Å²) in [6.07, 6.45) is 0.427. The second kappa shape index (κ2) is 7.04. The van der Waals surface area contributed by atoms with Gasteiger partial charge in [0.2, 0.25) is 0 Å². The molecule has 1 rings (SSSR count). The number of benzene rings is 1. The smallest absolute Gasteiger partial charge is 0.325 e. The van der Waals surface area contributed by atoms with Crippen LogP contribution < -0.4 is 5.32 Å². The summed E-state index contributed by atoms with van der Waals surface area (Å²) in [5.41, 5.74) is -0.856. The van der Waals surface area contributed by atoms with Crippen molar-refractivity contribution >= 4 is 17.7 Å². The van der Waals surface area contributed by atoms with E-state index in [1.165, 1.54) is 18.9 Å². The Bertz CT molecular complexity index is 484. The number of hydrogen-bond acceptors (Lipinski definition) is 4. The Balaban J connectivity index is 2.78. The third kappa shape index (κ3) is 4.18. The molecule has 6 heteroatoms. The Kier molecular flexibility index (Phi) is 5.95.